The third-order valence-electron chi connectivity index (χ3n) is 2.22. The topological polar surface area (TPSA) is 159 Å². The summed E-state index contributed by atoms with van der Waals surface area (Å²) in [6, 6.07) is 0. The van der Waals surface area contributed by atoms with Gasteiger partial charge in [-0.15, -0.1) is 0 Å². The quantitative estimate of drug-likeness (QED) is 0.369. The largest absolute Gasteiger partial charge is 0.394 e. The summed E-state index contributed by atoms with van der Waals surface area (Å²) in [5, 5.41) is 29.3. The van der Waals surface area contributed by atoms with Crippen molar-refractivity contribution in [2.45, 2.75) is 12.2 Å². The maximum Gasteiger partial charge on any atom is 0.271 e. The van der Waals surface area contributed by atoms with Gasteiger partial charge in [0.15, 0.2) is 0 Å². The molecule has 9 nitrogen and oxygen atoms in total. The molecule has 0 saturated heterocycles. The summed E-state index contributed by atoms with van der Waals surface area (Å²) in [4.78, 5) is 29.8. The number of carbonyl (C=O) groups is 2. The summed E-state index contributed by atoms with van der Waals surface area (Å²) in [7, 11) is 0. The molecule has 0 spiro atoms. The Hall–Kier alpha value is -2.10. The third-order valence-corrected chi connectivity index (χ3v) is 2.22. The molecular weight excluding hydrogens is 256 g/mol. The Morgan fingerprint density at radius 2 is 1.89 bits per heavy atom. The molecule has 0 fully saturated rings. The van der Waals surface area contributed by atoms with E-state index in [0.717, 1.165) is 12.4 Å². The van der Waals surface area contributed by atoms with E-state index < -0.39 is 30.6 Å². The molecule has 6 N–H and O–H groups in total. The second-order valence-corrected chi connectivity index (χ2v) is 3.68. The Morgan fingerprint density at radius 3 is 2.47 bits per heavy atom. The molecule has 1 aromatic rings. The Labute approximate surface area is 108 Å². The van der Waals surface area contributed by atoms with Gasteiger partial charge in [0, 0.05) is 6.54 Å². The van der Waals surface area contributed by atoms with Crippen LogP contribution in [-0.4, -0.2) is 62.5 Å². The van der Waals surface area contributed by atoms with E-state index in [9.17, 15) is 14.7 Å². The van der Waals surface area contributed by atoms with Gasteiger partial charge in [0.05, 0.1) is 25.1 Å². The fourth-order valence-electron chi connectivity index (χ4n) is 1.14. The first-order valence-corrected chi connectivity index (χ1v) is 5.32. The number of aliphatic hydroxyl groups excluding tert-OH is 3. The van der Waals surface area contributed by atoms with Crippen LogP contribution in [0.2, 0.25) is 0 Å². The second-order valence-electron chi connectivity index (χ2n) is 3.68. The van der Waals surface area contributed by atoms with Gasteiger partial charge in [0.25, 0.3) is 11.8 Å². The van der Waals surface area contributed by atoms with Crippen molar-refractivity contribution in [3.63, 3.8) is 0 Å². The minimum Gasteiger partial charge on any atom is -0.394 e. The average Bonchev–Trinajstić information content (AvgIpc) is 2.43. The smallest absolute Gasteiger partial charge is 0.271 e. The van der Waals surface area contributed by atoms with Crippen LogP contribution >= 0.6 is 0 Å². The van der Waals surface area contributed by atoms with Crippen molar-refractivity contribution in [3.8, 4) is 0 Å². The first-order chi connectivity index (χ1) is 8.95. The van der Waals surface area contributed by atoms with Crippen LogP contribution in [-0.2, 0) is 0 Å². The average molecular weight is 270 g/mol. The number of hydrogen-bond donors (Lipinski definition) is 5. The van der Waals surface area contributed by atoms with Crippen LogP contribution < -0.4 is 11.1 Å². The molecule has 1 heterocycles. The van der Waals surface area contributed by atoms with Crippen LogP contribution in [0.1, 0.15) is 21.0 Å². The second kappa shape index (κ2) is 6.73. The van der Waals surface area contributed by atoms with Gasteiger partial charge in [-0.05, 0) is 0 Å². The number of nitrogens with one attached hydrogen (secondary N) is 1. The number of hydrogen-bond acceptors (Lipinski definition) is 7. The van der Waals surface area contributed by atoms with Crippen LogP contribution in [0.4, 0.5) is 0 Å². The lowest BCUT2D eigenvalue weighted by Crippen LogP contribution is -2.40. The standard InChI is InChI=1S/C10H14N4O5/c11-9(18)5-1-12-2-6(14-5)10(19)13-3-7(16)8(17)4-15/h1-2,7-8,15-17H,3-4H2,(H2,11,18)(H,13,19). The van der Waals surface area contributed by atoms with Crippen LogP contribution in [0.15, 0.2) is 12.4 Å². The van der Waals surface area contributed by atoms with E-state index in [2.05, 4.69) is 15.3 Å². The normalized spacial score (nSPS) is 13.6. The van der Waals surface area contributed by atoms with Gasteiger partial charge in [-0.2, -0.15) is 0 Å². The summed E-state index contributed by atoms with van der Waals surface area (Å²) in [6.45, 7) is -0.920. The van der Waals surface area contributed by atoms with Crippen molar-refractivity contribution in [1.82, 2.24) is 15.3 Å². The van der Waals surface area contributed by atoms with Crippen LogP contribution in [0.5, 0.6) is 0 Å². The summed E-state index contributed by atoms with van der Waals surface area (Å²) >= 11 is 0. The highest BCUT2D eigenvalue weighted by atomic mass is 16.4. The Bertz CT molecular complexity index is 467. The monoisotopic (exact) mass is 270 g/mol. The van der Waals surface area contributed by atoms with E-state index in [-0.39, 0.29) is 17.9 Å². The lowest BCUT2D eigenvalue weighted by Gasteiger charge is -2.15. The van der Waals surface area contributed by atoms with E-state index >= 15 is 0 Å². The Morgan fingerprint density at radius 1 is 1.26 bits per heavy atom. The molecule has 0 radical (unpaired) electrons. The first-order valence-electron chi connectivity index (χ1n) is 5.32. The van der Waals surface area contributed by atoms with Crippen LogP contribution in [0.25, 0.3) is 0 Å². The molecule has 1 aromatic heterocycles. The molecule has 0 saturated carbocycles. The van der Waals surface area contributed by atoms with Gasteiger partial charge in [0.1, 0.15) is 17.5 Å². The van der Waals surface area contributed by atoms with Gasteiger partial charge >= 0.3 is 0 Å². The molecular formula is C10H14N4O5. The fourth-order valence-corrected chi connectivity index (χ4v) is 1.14. The zero-order chi connectivity index (χ0) is 14.4. The molecule has 2 unspecified atom stereocenters. The van der Waals surface area contributed by atoms with Crippen molar-refractivity contribution in [2.24, 2.45) is 5.73 Å². The molecule has 0 bridgehead atoms. The highest BCUT2D eigenvalue weighted by molar-refractivity contribution is 5.95. The predicted molar refractivity (Wildman–Crippen MR) is 62.0 cm³/mol. The third kappa shape index (κ3) is 4.25. The summed E-state index contributed by atoms with van der Waals surface area (Å²) in [6.07, 6.45) is -0.440. The van der Waals surface area contributed by atoms with Gasteiger partial charge in [-0.3, -0.25) is 14.6 Å². The van der Waals surface area contributed by atoms with Crippen molar-refractivity contribution in [3.05, 3.63) is 23.8 Å². The minimum absolute atomic E-state index is 0.151. The number of amides is 2. The number of nitrogens with two attached hydrogens (primary N) is 1. The molecule has 0 aliphatic rings. The van der Waals surface area contributed by atoms with Gasteiger partial charge in [-0.25, -0.2) is 4.98 Å². The summed E-state index contributed by atoms with van der Waals surface area (Å²) in [5.74, 6) is -1.52. The van der Waals surface area contributed by atoms with E-state index in [1.807, 2.05) is 0 Å². The first kappa shape index (κ1) is 15.0. The fraction of sp³-hybridized carbons (Fsp3) is 0.400. The zero-order valence-corrected chi connectivity index (χ0v) is 9.85. The molecule has 1 rings (SSSR count). The molecule has 0 aliphatic carbocycles. The Balaban J connectivity index is 2.63. The number of aliphatic hydroxyl groups is 3. The molecule has 0 aromatic carbocycles. The molecule has 2 amide bonds. The van der Waals surface area contributed by atoms with E-state index in [0.29, 0.717) is 0 Å². The van der Waals surface area contributed by atoms with Gasteiger partial charge < -0.3 is 26.4 Å². The lowest BCUT2D eigenvalue weighted by molar-refractivity contribution is -0.0123. The molecule has 9 heteroatoms. The van der Waals surface area contributed by atoms with Crippen molar-refractivity contribution >= 4 is 11.8 Å². The van der Waals surface area contributed by atoms with Crippen molar-refractivity contribution in [1.29, 1.82) is 0 Å². The van der Waals surface area contributed by atoms with E-state index in [1.54, 1.807) is 0 Å². The highest BCUT2D eigenvalue weighted by Gasteiger charge is 2.17. The van der Waals surface area contributed by atoms with Crippen molar-refractivity contribution in [2.75, 3.05) is 13.2 Å². The maximum atomic E-state index is 11.6. The lowest BCUT2D eigenvalue weighted by atomic mass is 10.2. The number of nitrogens with zero attached hydrogens (tertiary/aromatic N) is 2. The zero-order valence-electron chi connectivity index (χ0n) is 9.85. The number of carbonyl (C=O) groups excluding carboxylic acids is 2. The van der Waals surface area contributed by atoms with Gasteiger partial charge in [-0.1, -0.05) is 0 Å². The molecule has 2 atom stereocenters. The maximum absolute atomic E-state index is 11.6. The number of rotatable bonds is 6. The predicted octanol–water partition coefficient (Wildman–Crippen LogP) is -2.98. The van der Waals surface area contributed by atoms with E-state index in [4.69, 9.17) is 15.9 Å². The Kier molecular flexibility index (Phi) is 5.30. The highest BCUT2D eigenvalue weighted by Crippen LogP contribution is 1.97. The van der Waals surface area contributed by atoms with Gasteiger partial charge in [0.2, 0.25) is 0 Å². The SMILES string of the molecule is NC(=O)c1cncc(C(=O)NCC(O)C(O)CO)n1. The van der Waals surface area contributed by atoms with Crippen LogP contribution in [0, 0.1) is 0 Å². The minimum atomic E-state index is -1.36. The molecule has 19 heavy (non-hydrogen) atoms. The molecule has 0 aliphatic heterocycles. The van der Waals surface area contributed by atoms with Crippen LogP contribution in [0.3, 0.4) is 0 Å². The summed E-state index contributed by atoms with van der Waals surface area (Å²) < 4.78 is 0. The van der Waals surface area contributed by atoms with E-state index in [1.165, 1.54) is 0 Å². The molecule has 104 valence electrons. The van der Waals surface area contributed by atoms with Crippen molar-refractivity contribution < 1.29 is 24.9 Å². The number of primary amides is 1. The summed E-state index contributed by atoms with van der Waals surface area (Å²) in [5.41, 5.74) is 4.67. The number of aromatic nitrogens is 2.